The van der Waals surface area contributed by atoms with Crippen LogP contribution in [0.3, 0.4) is 0 Å². The third-order valence-corrected chi connectivity index (χ3v) is 6.02. The number of halogens is 2. The molecule has 2 aromatic rings. The minimum atomic E-state index is -0.581. The van der Waals surface area contributed by atoms with Crippen LogP contribution < -0.4 is 5.32 Å². The normalized spacial score (nSPS) is 20.3. The van der Waals surface area contributed by atoms with Gasteiger partial charge in [0.1, 0.15) is 11.6 Å². The number of nitrogens with one attached hydrogen (secondary N) is 1. The lowest BCUT2D eigenvalue weighted by atomic mass is 9.87. The van der Waals surface area contributed by atoms with E-state index >= 15 is 0 Å². The van der Waals surface area contributed by atoms with Crippen molar-refractivity contribution in [2.75, 3.05) is 6.54 Å². The van der Waals surface area contributed by atoms with E-state index in [1.807, 2.05) is 0 Å². The molecule has 1 aliphatic carbocycles. The molecular formula is C23H27F2NO. The maximum atomic E-state index is 14.3. The molecule has 144 valence electrons. The molecule has 0 aliphatic heterocycles. The number of carbonyl (C=O) groups is 1. The van der Waals surface area contributed by atoms with Gasteiger partial charge in [-0.25, -0.2) is 8.78 Å². The van der Waals surface area contributed by atoms with Gasteiger partial charge in [0.15, 0.2) is 0 Å². The molecule has 1 aliphatic rings. The molecule has 0 radical (unpaired) electrons. The second-order valence-corrected chi connectivity index (χ2v) is 8.21. The van der Waals surface area contributed by atoms with Crippen LogP contribution >= 0.6 is 0 Å². The third kappa shape index (κ3) is 4.05. The van der Waals surface area contributed by atoms with Crippen LogP contribution in [0.25, 0.3) is 0 Å². The molecule has 1 atom stereocenters. The number of aryl methyl sites for hydroxylation is 2. The Labute approximate surface area is 160 Å². The Morgan fingerprint density at radius 1 is 1.07 bits per heavy atom. The van der Waals surface area contributed by atoms with E-state index in [0.717, 1.165) is 24.5 Å². The predicted molar refractivity (Wildman–Crippen MR) is 104 cm³/mol. The van der Waals surface area contributed by atoms with Crippen LogP contribution in [0.15, 0.2) is 42.5 Å². The van der Waals surface area contributed by atoms with Gasteiger partial charge in [-0.1, -0.05) is 51.1 Å². The fraction of sp³-hybridized carbons (Fsp3) is 0.435. The molecule has 2 aromatic carbocycles. The highest BCUT2D eigenvalue weighted by molar-refractivity contribution is 5.76. The first kappa shape index (κ1) is 19.5. The highest BCUT2D eigenvalue weighted by atomic mass is 19.1. The first-order valence-corrected chi connectivity index (χ1v) is 9.57. The van der Waals surface area contributed by atoms with Crippen molar-refractivity contribution in [3.05, 3.63) is 70.8 Å². The smallest absolute Gasteiger partial charge is 0.220 e. The molecule has 1 unspecified atom stereocenters. The Morgan fingerprint density at radius 2 is 1.70 bits per heavy atom. The monoisotopic (exact) mass is 371 g/mol. The Hall–Kier alpha value is -2.23. The number of carbonyl (C=O) groups excluding carboxylic acids is 1. The summed E-state index contributed by atoms with van der Waals surface area (Å²) in [5, 5.41) is 2.97. The van der Waals surface area contributed by atoms with Gasteiger partial charge < -0.3 is 5.32 Å². The summed E-state index contributed by atoms with van der Waals surface area (Å²) in [5.41, 5.74) is 2.30. The molecule has 1 saturated carbocycles. The maximum Gasteiger partial charge on any atom is 0.220 e. The second kappa shape index (κ2) is 7.41. The molecule has 0 bridgehead atoms. The van der Waals surface area contributed by atoms with Crippen molar-refractivity contribution in [2.45, 2.75) is 51.9 Å². The average molecular weight is 371 g/mol. The summed E-state index contributed by atoms with van der Waals surface area (Å²) >= 11 is 0. The summed E-state index contributed by atoms with van der Waals surface area (Å²) in [6.45, 7) is 6.59. The molecule has 0 heterocycles. The van der Waals surface area contributed by atoms with Crippen LogP contribution in [0.1, 0.15) is 50.3 Å². The average Bonchev–Trinajstić information content (AvgIpc) is 3.20. The molecule has 2 nitrogen and oxygen atoms in total. The Morgan fingerprint density at radius 3 is 2.26 bits per heavy atom. The van der Waals surface area contributed by atoms with E-state index in [9.17, 15) is 13.6 Å². The number of benzene rings is 2. The minimum Gasteiger partial charge on any atom is -0.355 e. The van der Waals surface area contributed by atoms with Crippen LogP contribution in [0.4, 0.5) is 8.78 Å². The number of rotatable bonds is 7. The van der Waals surface area contributed by atoms with E-state index in [4.69, 9.17) is 0 Å². The lowest BCUT2D eigenvalue weighted by molar-refractivity contribution is -0.121. The molecule has 1 amide bonds. The summed E-state index contributed by atoms with van der Waals surface area (Å²) < 4.78 is 27.6. The van der Waals surface area contributed by atoms with Crippen LogP contribution in [-0.4, -0.2) is 12.5 Å². The van der Waals surface area contributed by atoms with E-state index in [2.05, 4.69) is 50.4 Å². The van der Waals surface area contributed by atoms with Gasteiger partial charge >= 0.3 is 0 Å². The predicted octanol–water partition coefficient (Wildman–Crippen LogP) is 4.94. The zero-order valence-electron chi connectivity index (χ0n) is 16.2. The molecule has 1 fully saturated rings. The summed E-state index contributed by atoms with van der Waals surface area (Å²) in [4.78, 5) is 12.3. The van der Waals surface area contributed by atoms with Crippen LogP contribution in [0, 0.1) is 17.0 Å². The zero-order chi connectivity index (χ0) is 19.7. The fourth-order valence-corrected chi connectivity index (χ4v) is 3.98. The van der Waals surface area contributed by atoms with Crippen molar-refractivity contribution in [3.63, 3.8) is 0 Å². The Bertz CT molecular complexity index is 829. The van der Waals surface area contributed by atoms with Gasteiger partial charge in [0, 0.05) is 24.4 Å². The van der Waals surface area contributed by atoms with Gasteiger partial charge in [-0.05, 0) is 47.4 Å². The second-order valence-electron chi connectivity index (χ2n) is 8.21. The van der Waals surface area contributed by atoms with Gasteiger partial charge in [-0.2, -0.15) is 0 Å². The van der Waals surface area contributed by atoms with E-state index in [1.165, 1.54) is 17.7 Å². The molecule has 4 heteroatoms. The zero-order valence-corrected chi connectivity index (χ0v) is 16.2. The minimum absolute atomic E-state index is 0.0424. The summed E-state index contributed by atoms with van der Waals surface area (Å²) in [6, 6.07) is 12.0. The van der Waals surface area contributed by atoms with Crippen molar-refractivity contribution >= 4 is 5.91 Å². The standard InChI is InChI=1S/C23H27F2NO/c1-4-16-5-7-17(8-6-16)9-12-21(27)26-15-23(14-22(23,2)3)19-11-10-18(24)13-20(19)25/h5-8,10-11,13H,4,9,12,14-15H2,1-3H3,(H,26,27). The van der Waals surface area contributed by atoms with Crippen LogP contribution in [0.5, 0.6) is 0 Å². The summed E-state index contributed by atoms with van der Waals surface area (Å²) in [6.07, 6.45) is 2.84. The van der Waals surface area contributed by atoms with Gasteiger partial charge in [-0.3, -0.25) is 4.79 Å². The maximum absolute atomic E-state index is 14.3. The number of hydrogen-bond donors (Lipinski definition) is 1. The van der Waals surface area contributed by atoms with E-state index in [0.29, 0.717) is 24.9 Å². The van der Waals surface area contributed by atoms with Gasteiger partial charge in [0.05, 0.1) is 0 Å². The van der Waals surface area contributed by atoms with Crippen LogP contribution in [-0.2, 0) is 23.1 Å². The topological polar surface area (TPSA) is 29.1 Å². The van der Waals surface area contributed by atoms with E-state index in [-0.39, 0.29) is 11.3 Å². The molecular weight excluding hydrogens is 344 g/mol. The number of hydrogen-bond acceptors (Lipinski definition) is 1. The third-order valence-electron chi connectivity index (χ3n) is 6.02. The SMILES string of the molecule is CCc1ccc(CCC(=O)NCC2(c3ccc(F)cc3F)CC2(C)C)cc1. The van der Waals surface area contributed by atoms with Crippen molar-refractivity contribution < 1.29 is 13.6 Å². The van der Waals surface area contributed by atoms with Crippen molar-refractivity contribution in [2.24, 2.45) is 5.41 Å². The van der Waals surface area contributed by atoms with Gasteiger partial charge in [0.25, 0.3) is 0 Å². The Balaban J connectivity index is 1.60. The first-order chi connectivity index (χ1) is 12.8. The fourth-order valence-electron chi connectivity index (χ4n) is 3.98. The first-order valence-electron chi connectivity index (χ1n) is 9.57. The lowest BCUT2D eigenvalue weighted by Crippen LogP contribution is -2.35. The highest BCUT2D eigenvalue weighted by Crippen LogP contribution is 2.64. The highest BCUT2D eigenvalue weighted by Gasteiger charge is 2.62. The van der Waals surface area contributed by atoms with Gasteiger partial charge in [-0.15, -0.1) is 0 Å². The molecule has 0 aromatic heterocycles. The lowest BCUT2D eigenvalue weighted by Gasteiger charge is -2.22. The summed E-state index contributed by atoms with van der Waals surface area (Å²) in [7, 11) is 0. The van der Waals surface area contributed by atoms with Gasteiger partial charge in [0.2, 0.25) is 5.91 Å². The number of amides is 1. The molecule has 27 heavy (non-hydrogen) atoms. The summed E-state index contributed by atoms with van der Waals surface area (Å²) in [5.74, 6) is -1.16. The largest absolute Gasteiger partial charge is 0.355 e. The molecule has 0 spiro atoms. The van der Waals surface area contributed by atoms with Crippen LogP contribution in [0.2, 0.25) is 0 Å². The van der Waals surface area contributed by atoms with E-state index in [1.54, 1.807) is 0 Å². The van der Waals surface area contributed by atoms with E-state index < -0.39 is 17.0 Å². The van der Waals surface area contributed by atoms with Crippen molar-refractivity contribution in [3.8, 4) is 0 Å². The quantitative estimate of drug-likeness (QED) is 0.733. The molecule has 1 N–H and O–H groups in total. The molecule has 3 rings (SSSR count). The molecule has 0 saturated heterocycles. The Kier molecular flexibility index (Phi) is 5.36. The van der Waals surface area contributed by atoms with Crippen molar-refractivity contribution in [1.82, 2.24) is 5.32 Å². The van der Waals surface area contributed by atoms with Crippen molar-refractivity contribution in [1.29, 1.82) is 0 Å².